The molecule has 1 aliphatic heterocycles. The normalized spacial score (nSPS) is 15.9. The molecule has 0 bridgehead atoms. The Hall–Kier alpha value is -1.47. The molecule has 2 rings (SSSR count). The molecule has 110 valence electrons. The van der Waals surface area contributed by atoms with E-state index in [0.29, 0.717) is 25.5 Å². The van der Waals surface area contributed by atoms with Crippen LogP contribution in [-0.2, 0) is 9.47 Å². The lowest BCUT2D eigenvalue weighted by Crippen LogP contribution is -2.40. The van der Waals surface area contributed by atoms with E-state index in [1.54, 1.807) is 24.3 Å². The minimum atomic E-state index is -0.481. The molecule has 0 N–H and O–H groups in total. The fourth-order valence-electron chi connectivity index (χ4n) is 2.08. The highest BCUT2D eigenvalue weighted by molar-refractivity contribution is 7.11. The van der Waals surface area contributed by atoms with Gasteiger partial charge in [-0.25, -0.2) is 9.78 Å². The number of ether oxygens (including phenoxy) is 2. The molecule has 0 radical (unpaired) electrons. The summed E-state index contributed by atoms with van der Waals surface area (Å²) in [4.78, 5) is 29.6. The summed E-state index contributed by atoms with van der Waals surface area (Å²) >= 11 is 1.13. The molecular weight excluding hydrogens is 280 g/mol. The molecule has 20 heavy (non-hydrogen) atoms. The highest BCUT2D eigenvalue weighted by Crippen LogP contribution is 2.17. The molecule has 0 unspecified atom stereocenters. The second-order valence-corrected chi connectivity index (χ2v) is 5.38. The van der Waals surface area contributed by atoms with Crippen LogP contribution < -0.4 is 0 Å². The molecule has 0 saturated carbocycles. The van der Waals surface area contributed by atoms with Gasteiger partial charge >= 0.3 is 5.97 Å². The van der Waals surface area contributed by atoms with Gasteiger partial charge in [0.05, 0.1) is 6.61 Å². The zero-order chi connectivity index (χ0) is 14.5. The van der Waals surface area contributed by atoms with Crippen LogP contribution in [0.5, 0.6) is 0 Å². The zero-order valence-corrected chi connectivity index (χ0v) is 12.4. The first kappa shape index (κ1) is 14.9. The quantitative estimate of drug-likeness (QED) is 0.789. The number of aromatic nitrogens is 1. The molecule has 0 spiro atoms. The molecule has 1 aromatic rings. The first-order chi connectivity index (χ1) is 9.63. The smallest absolute Gasteiger partial charge is 0.367 e. The van der Waals surface area contributed by atoms with E-state index in [-0.39, 0.29) is 17.0 Å². The maximum atomic E-state index is 12.3. The molecule has 2 heterocycles. The Morgan fingerprint density at radius 2 is 2.20 bits per heavy atom. The summed E-state index contributed by atoms with van der Waals surface area (Å²) in [6.45, 7) is 3.38. The Kier molecular flexibility index (Phi) is 5.08. The van der Waals surface area contributed by atoms with Gasteiger partial charge in [-0.15, -0.1) is 11.3 Å². The van der Waals surface area contributed by atoms with Gasteiger partial charge in [-0.2, -0.15) is 0 Å². The lowest BCUT2D eigenvalue weighted by atomic mass is 10.1. The largest absolute Gasteiger partial charge is 0.461 e. The van der Waals surface area contributed by atoms with Gasteiger partial charge in [0.1, 0.15) is 5.69 Å². The molecule has 7 heteroatoms. The van der Waals surface area contributed by atoms with Crippen molar-refractivity contribution in [2.75, 3.05) is 26.9 Å². The summed E-state index contributed by atoms with van der Waals surface area (Å²) in [6, 6.07) is 0.170. The second kappa shape index (κ2) is 6.81. The van der Waals surface area contributed by atoms with E-state index in [0.717, 1.165) is 24.2 Å². The Morgan fingerprint density at radius 3 is 2.85 bits per heavy atom. The van der Waals surface area contributed by atoms with Crippen molar-refractivity contribution >= 4 is 23.2 Å². The zero-order valence-electron chi connectivity index (χ0n) is 11.6. The summed E-state index contributed by atoms with van der Waals surface area (Å²) in [5.74, 6) is -0.644. The Labute approximate surface area is 121 Å². The first-order valence-corrected chi connectivity index (χ1v) is 7.49. The van der Waals surface area contributed by atoms with Crippen LogP contribution in [0.2, 0.25) is 0 Å². The van der Waals surface area contributed by atoms with Crippen molar-refractivity contribution in [2.45, 2.75) is 25.8 Å². The van der Waals surface area contributed by atoms with E-state index in [2.05, 4.69) is 4.98 Å². The lowest BCUT2D eigenvalue weighted by molar-refractivity contribution is 0.0359. The van der Waals surface area contributed by atoms with E-state index < -0.39 is 5.97 Å². The fourth-order valence-corrected chi connectivity index (χ4v) is 2.76. The van der Waals surface area contributed by atoms with Gasteiger partial charge in [-0.05, 0) is 19.8 Å². The molecule has 1 aliphatic rings. The summed E-state index contributed by atoms with van der Waals surface area (Å²) in [6.07, 6.45) is 1.66. The first-order valence-electron chi connectivity index (χ1n) is 6.61. The number of rotatable bonds is 4. The fraction of sp³-hybridized carbons (Fsp3) is 0.615. The van der Waals surface area contributed by atoms with Gasteiger partial charge in [0, 0.05) is 31.7 Å². The molecule has 1 fully saturated rings. The minimum absolute atomic E-state index is 0.163. The third-order valence-corrected chi connectivity index (χ3v) is 4.05. The van der Waals surface area contributed by atoms with Crippen LogP contribution in [0.25, 0.3) is 0 Å². The van der Waals surface area contributed by atoms with Crippen molar-refractivity contribution in [1.82, 2.24) is 9.88 Å². The van der Waals surface area contributed by atoms with Gasteiger partial charge in [0.2, 0.25) is 5.01 Å². The highest BCUT2D eigenvalue weighted by atomic mass is 32.1. The number of nitrogens with zero attached hydrogens (tertiary/aromatic N) is 2. The minimum Gasteiger partial charge on any atom is -0.461 e. The summed E-state index contributed by atoms with van der Waals surface area (Å²) in [5, 5.41) is 1.82. The van der Waals surface area contributed by atoms with Crippen molar-refractivity contribution in [3.63, 3.8) is 0 Å². The molecule has 1 saturated heterocycles. The van der Waals surface area contributed by atoms with Crippen LogP contribution in [-0.4, -0.2) is 54.7 Å². The molecule has 1 aromatic heterocycles. The number of hydrogen-bond donors (Lipinski definition) is 0. The number of amides is 1. The Balaban J connectivity index is 2.03. The van der Waals surface area contributed by atoms with Crippen molar-refractivity contribution in [1.29, 1.82) is 0 Å². The average Bonchev–Trinajstić information content (AvgIpc) is 2.97. The molecule has 0 atom stereocenters. The molecule has 0 aromatic carbocycles. The predicted octanol–water partition coefficient (Wildman–Crippen LogP) is 1.57. The standard InChI is InChI=1S/C13H18N2O4S/c1-3-19-13(17)11-14-10(8-20-11)12(16)15(2)9-4-6-18-7-5-9/h8-9H,3-7H2,1-2H3. The van der Waals surface area contributed by atoms with E-state index in [4.69, 9.17) is 9.47 Å². The third-order valence-electron chi connectivity index (χ3n) is 3.23. The van der Waals surface area contributed by atoms with Crippen molar-refractivity contribution in [3.8, 4) is 0 Å². The van der Waals surface area contributed by atoms with Crippen LogP contribution >= 0.6 is 11.3 Å². The van der Waals surface area contributed by atoms with Crippen LogP contribution in [0, 0.1) is 0 Å². The molecular formula is C13H18N2O4S. The SMILES string of the molecule is CCOC(=O)c1nc(C(=O)N(C)C2CCOCC2)cs1. The van der Waals surface area contributed by atoms with Crippen molar-refractivity contribution in [3.05, 3.63) is 16.1 Å². The molecule has 0 aliphatic carbocycles. The maximum Gasteiger partial charge on any atom is 0.367 e. The van der Waals surface area contributed by atoms with Crippen molar-refractivity contribution in [2.24, 2.45) is 0 Å². The maximum absolute atomic E-state index is 12.3. The Morgan fingerprint density at radius 1 is 1.50 bits per heavy atom. The summed E-state index contributed by atoms with van der Waals surface area (Å²) < 4.78 is 10.2. The summed E-state index contributed by atoms with van der Waals surface area (Å²) in [7, 11) is 1.77. The number of esters is 1. The molecule has 1 amide bonds. The lowest BCUT2D eigenvalue weighted by Gasteiger charge is -2.30. The van der Waals surface area contributed by atoms with Gasteiger partial charge in [0.15, 0.2) is 0 Å². The van der Waals surface area contributed by atoms with Gasteiger partial charge < -0.3 is 14.4 Å². The topological polar surface area (TPSA) is 68.7 Å². The Bertz CT molecular complexity index is 482. The second-order valence-electron chi connectivity index (χ2n) is 4.52. The van der Waals surface area contributed by atoms with Crippen molar-refractivity contribution < 1.29 is 19.1 Å². The number of carbonyl (C=O) groups excluding carboxylic acids is 2. The van der Waals surface area contributed by atoms with Gasteiger partial charge in [-0.3, -0.25) is 4.79 Å². The van der Waals surface area contributed by atoms with Gasteiger partial charge in [0.25, 0.3) is 5.91 Å². The van der Waals surface area contributed by atoms with E-state index >= 15 is 0 Å². The van der Waals surface area contributed by atoms with E-state index in [1.165, 1.54) is 0 Å². The van der Waals surface area contributed by atoms with E-state index in [1.807, 2.05) is 0 Å². The van der Waals surface area contributed by atoms with Crippen LogP contribution in [0.15, 0.2) is 5.38 Å². The van der Waals surface area contributed by atoms with Crippen LogP contribution in [0.4, 0.5) is 0 Å². The summed E-state index contributed by atoms with van der Waals surface area (Å²) in [5.41, 5.74) is 0.298. The molecule has 6 nitrogen and oxygen atoms in total. The highest BCUT2D eigenvalue weighted by Gasteiger charge is 2.25. The van der Waals surface area contributed by atoms with Crippen LogP contribution in [0.1, 0.15) is 40.1 Å². The predicted molar refractivity (Wildman–Crippen MR) is 74.0 cm³/mol. The third kappa shape index (κ3) is 3.34. The number of hydrogen-bond acceptors (Lipinski definition) is 6. The van der Waals surface area contributed by atoms with Gasteiger partial charge in [-0.1, -0.05) is 0 Å². The average molecular weight is 298 g/mol. The van der Waals surface area contributed by atoms with E-state index in [9.17, 15) is 9.59 Å². The number of carbonyl (C=O) groups is 2. The monoisotopic (exact) mass is 298 g/mol. The van der Waals surface area contributed by atoms with Crippen LogP contribution in [0.3, 0.4) is 0 Å². The number of thiazole rings is 1.